The van der Waals surface area contributed by atoms with E-state index in [-0.39, 0.29) is 23.8 Å². The number of ether oxygens (including phenoxy) is 1. The topological polar surface area (TPSA) is 70.7 Å². The number of carbonyl (C=O) groups is 2. The van der Waals surface area contributed by atoms with Gasteiger partial charge in [0.25, 0.3) is 5.91 Å². The van der Waals surface area contributed by atoms with Gasteiger partial charge in [0.2, 0.25) is 5.91 Å². The largest absolute Gasteiger partial charge is 0.435 e. The van der Waals surface area contributed by atoms with Gasteiger partial charge in [-0.15, -0.1) is 0 Å². The van der Waals surface area contributed by atoms with Gasteiger partial charge in [0.05, 0.1) is 6.54 Å². The molecule has 0 aromatic heterocycles. The van der Waals surface area contributed by atoms with E-state index < -0.39 is 12.5 Å². The number of benzene rings is 2. The Balaban J connectivity index is 1.98. The Hall–Kier alpha value is -3.00. The number of anilines is 2. The Kier molecular flexibility index (Phi) is 6.62. The Bertz CT molecular complexity index is 765. The molecule has 8 heteroatoms. The van der Waals surface area contributed by atoms with Crippen molar-refractivity contribution in [3.63, 3.8) is 0 Å². The predicted molar refractivity (Wildman–Crippen MR) is 94.7 cm³/mol. The minimum absolute atomic E-state index is 0.0911. The van der Waals surface area contributed by atoms with Crippen LogP contribution < -0.4 is 15.4 Å². The summed E-state index contributed by atoms with van der Waals surface area (Å²) in [7, 11) is 3.58. The van der Waals surface area contributed by atoms with Crippen LogP contribution in [0.1, 0.15) is 10.4 Å². The van der Waals surface area contributed by atoms with Crippen molar-refractivity contribution in [2.75, 3.05) is 31.3 Å². The van der Waals surface area contributed by atoms with Gasteiger partial charge in [-0.3, -0.25) is 9.59 Å². The number of nitrogens with zero attached hydrogens (tertiary/aromatic N) is 1. The van der Waals surface area contributed by atoms with Crippen molar-refractivity contribution >= 4 is 23.2 Å². The minimum atomic E-state index is -2.96. The van der Waals surface area contributed by atoms with E-state index in [2.05, 4.69) is 15.4 Å². The second kappa shape index (κ2) is 8.91. The summed E-state index contributed by atoms with van der Waals surface area (Å²) in [5.74, 6) is -0.705. The molecule has 0 saturated carbocycles. The lowest BCUT2D eigenvalue weighted by molar-refractivity contribution is -0.116. The summed E-state index contributed by atoms with van der Waals surface area (Å²) in [6.45, 7) is -2.70. The summed E-state index contributed by atoms with van der Waals surface area (Å²) in [6.07, 6.45) is 0. The number of hydrogen-bond donors (Lipinski definition) is 2. The van der Waals surface area contributed by atoms with Gasteiger partial charge in [0.1, 0.15) is 5.75 Å². The minimum Gasteiger partial charge on any atom is -0.435 e. The smallest absolute Gasteiger partial charge is 0.387 e. The van der Waals surface area contributed by atoms with E-state index in [9.17, 15) is 18.4 Å². The Morgan fingerprint density at radius 1 is 1.04 bits per heavy atom. The number of halogens is 2. The molecular formula is C18H19F2N3O3. The first-order valence-corrected chi connectivity index (χ1v) is 7.74. The number of amides is 2. The SMILES string of the molecule is CN(C)CC(=O)Nc1ccc(NC(=O)c2cccc(OC(F)F)c2)cc1. The number of carbonyl (C=O) groups excluding carboxylic acids is 2. The fraction of sp³-hybridized carbons (Fsp3) is 0.222. The molecule has 0 radical (unpaired) electrons. The van der Waals surface area contributed by atoms with Crippen molar-refractivity contribution in [3.05, 3.63) is 54.1 Å². The number of likely N-dealkylation sites (N-methyl/N-ethyl adjacent to an activating group) is 1. The van der Waals surface area contributed by atoms with Crippen LogP contribution in [-0.2, 0) is 4.79 Å². The van der Waals surface area contributed by atoms with E-state index in [1.165, 1.54) is 24.3 Å². The summed E-state index contributed by atoms with van der Waals surface area (Å²) in [6, 6.07) is 12.1. The molecule has 2 rings (SSSR count). The third-order valence-electron chi connectivity index (χ3n) is 3.21. The zero-order valence-corrected chi connectivity index (χ0v) is 14.3. The van der Waals surface area contributed by atoms with Crippen molar-refractivity contribution in [3.8, 4) is 5.75 Å². The number of alkyl halides is 2. The summed E-state index contributed by atoms with van der Waals surface area (Å²) in [5, 5.41) is 5.38. The molecule has 2 amide bonds. The van der Waals surface area contributed by atoms with Crippen molar-refractivity contribution in [2.45, 2.75) is 6.61 Å². The fourth-order valence-electron chi connectivity index (χ4n) is 2.14. The molecule has 0 saturated heterocycles. The van der Waals surface area contributed by atoms with E-state index in [4.69, 9.17) is 0 Å². The average Bonchev–Trinajstić information content (AvgIpc) is 2.55. The highest BCUT2D eigenvalue weighted by Gasteiger charge is 2.10. The van der Waals surface area contributed by atoms with Gasteiger partial charge < -0.3 is 20.3 Å². The summed E-state index contributed by atoms with van der Waals surface area (Å²) < 4.78 is 28.8. The van der Waals surface area contributed by atoms with Gasteiger partial charge >= 0.3 is 6.61 Å². The molecule has 6 nitrogen and oxygen atoms in total. The van der Waals surface area contributed by atoms with Gasteiger partial charge in [-0.1, -0.05) is 6.07 Å². The maximum atomic E-state index is 12.2. The molecule has 0 aliphatic carbocycles. The van der Waals surface area contributed by atoms with Crippen molar-refractivity contribution in [1.29, 1.82) is 0 Å². The van der Waals surface area contributed by atoms with E-state index in [0.717, 1.165) is 0 Å². The van der Waals surface area contributed by atoms with Gasteiger partial charge in [-0.25, -0.2) is 0 Å². The molecule has 0 aliphatic heterocycles. The molecule has 2 aromatic carbocycles. The van der Waals surface area contributed by atoms with Crippen LogP contribution in [0, 0.1) is 0 Å². The highest BCUT2D eigenvalue weighted by molar-refractivity contribution is 6.04. The molecule has 138 valence electrons. The molecule has 2 aromatic rings. The molecule has 0 spiro atoms. The monoisotopic (exact) mass is 363 g/mol. The Morgan fingerprint density at radius 3 is 2.23 bits per heavy atom. The first kappa shape index (κ1) is 19.3. The van der Waals surface area contributed by atoms with Gasteiger partial charge in [-0.05, 0) is 56.6 Å². The quantitative estimate of drug-likeness (QED) is 0.793. The van der Waals surface area contributed by atoms with E-state index >= 15 is 0 Å². The fourth-order valence-corrected chi connectivity index (χ4v) is 2.14. The average molecular weight is 363 g/mol. The second-order valence-corrected chi connectivity index (χ2v) is 5.72. The van der Waals surface area contributed by atoms with Crippen LogP contribution in [0.2, 0.25) is 0 Å². The van der Waals surface area contributed by atoms with E-state index in [1.807, 2.05) is 0 Å². The lowest BCUT2D eigenvalue weighted by Crippen LogP contribution is -2.27. The molecule has 0 heterocycles. The predicted octanol–water partition coefficient (Wildman–Crippen LogP) is 3.04. The molecule has 26 heavy (non-hydrogen) atoms. The molecule has 0 unspecified atom stereocenters. The van der Waals surface area contributed by atoms with Gasteiger partial charge in [-0.2, -0.15) is 8.78 Å². The zero-order valence-electron chi connectivity index (χ0n) is 14.3. The van der Waals surface area contributed by atoms with Crippen molar-refractivity contribution in [2.24, 2.45) is 0 Å². The van der Waals surface area contributed by atoms with Crippen LogP contribution in [0.15, 0.2) is 48.5 Å². The lowest BCUT2D eigenvalue weighted by Gasteiger charge is -2.11. The van der Waals surface area contributed by atoms with Crippen molar-refractivity contribution in [1.82, 2.24) is 4.90 Å². The third kappa shape index (κ3) is 6.14. The molecular weight excluding hydrogens is 344 g/mol. The highest BCUT2D eigenvalue weighted by Crippen LogP contribution is 2.18. The summed E-state index contributed by atoms with van der Waals surface area (Å²) >= 11 is 0. The third-order valence-corrected chi connectivity index (χ3v) is 3.21. The van der Waals surface area contributed by atoms with Gasteiger partial charge in [0, 0.05) is 16.9 Å². The van der Waals surface area contributed by atoms with Crippen LogP contribution >= 0.6 is 0 Å². The normalized spacial score (nSPS) is 10.7. The van der Waals surface area contributed by atoms with E-state index in [0.29, 0.717) is 11.4 Å². The maximum absolute atomic E-state index is 12.2. The Morgan fingerprint density at radius 2 is 1.65 bits per heavy atom. The summed E-state index contributed by atoms with van der Waals surface area (Å²) in [4.78, 5) is 25.6. The lowest BCUT2D eigenvalue weighted by atomic mass is 10.2. The molecule has 0 bridgehead atoms. The molecule has 2 N–H and O–H groups in total. The van der Waals surface area contributed by atoms with E-state index in [1.54, 1.807) is 43.3 Å². The van der Waals surface area contributed by atoms with Crippen LogP contribution in [0.3, 0.4) is 0 Å². The Labute approximate surface area is 149 Å². The summed E-state index contributed by atoms with van der Waals surface area (Å²) in [5.41, 5.74) is 1.29. The second-order valence-electron chi connectivity index (χ2n) is 5.72. The molecule has 0 fully saturated rings. The standard InChI is InChI=1S/C18H19F2N3O3/c1-23(2)11-16(24)21-13-6-8-14(9-7-13)22-17(25)12-4-3-5-15(10-12)26-18(19)20/h3-10,18H,11H2,1-2H3,(H,21,24)(H,22,25). The van der Waals surface area contributed by atoms with Crippen LogP contribution in [0.4, 0.5) is 20.2 Å². The molecule has 0 aliphatic rings. The first-order valence-electron chi connectivity index (χ1n) is 7.74. The number of hydrogen-bond acceptors (Lipinski definition) is 4. The molecule has 0 atom stereocenters. The van der Waals surface area contributed by atoms with Crippen molar-refractivity contribution < 1.29 is 23.1 Å². The number of rotatable bonds is 7. The highest BCUT2D eigenvalue weighted by atomic mass is 19.3. The first-order chi connectivity index (χ1) is 12.3. The van der Waals surface area contributed by atoms with Crippen LogP contribution in [0.25, 0.3) is 0 Å². The maximum Gasteiger partial charge on any atom is 0.387 e. The number of nitrogens with one attached hydrogen (secondary N) is 2. The van der Waals surface area contributed by atoms with Gasteiger partial charge in [0.15, 0.2) is 0 Å². The van der Waals surface area contributed by atoms with Crippen LogP contribution in [-0.4, -0.2) is 44.0 Å². The van der Waals surface area contributed by atoms with Crippen LogP contribution in [0.5, 0.6) is 5.75 Å². The zero-order chi connectivity index (χ0) is 19.1.